The minimum atomic E-state index is 0.677. The maximum absolute atomic E-state index is 4.54. The zero-order valence-electron chi connectivity index (χ0n) is 9.20. The fraction of sp³-hybridized carbons (Fsp3) is 0.636. The average molecular weight is 270 g/mol. The predicted octanol–water partition coefficient (Wildman–Crippen LogP) is 2.79. The fourth-order valence-corrected chi connectivity index (χ4v) is 2.16. The molecule has 3 nitrogen and oxygen atoms in total. The molecule has 1 saturated carbocycles. The second-order valence-corrected chi connectivity index (χ2v) is 4.83. The number of anilines is 1. The minimum Gasteiger partial charge on any atom is -0.357 e. The lowest BCUT2D eigenvalue weighted by atomic mass is 9.92. The summed E-state index contributed by atoms with van der Waals surface area (Å²) in [6, 6.07) is 2.67. The molecule has 0 saturated heterocycles. The van der Waals surface area contributed by atoms with Crippen LogP contribution in [0.3, 0.4) is 0 Å². The van der Waals surface area contributed by atoms with E-state index >= 15 is 0 Å². The zero-order chi connectivity index (χ0) is 10.8. The standard InChI is InChI=1S/C11H16BrN3/c1-3-10-13-9(12)7-11(14-10)15(2)8-5-4-6-8/h7-8H,3-6H2,1-2H3. The van der Waals surface area contributed by atoms with Gasteiger partial charge in [-0.15, -0.1) is 0 Å². The van der Waals surface area contributed by atoms with Crippen molar-refractivity contribution in [1.82, 2.24) is 9.97 Å². The lowest BCUT2D eigenvalue weighted by Crippen LogP contribution is -2.37. The molecule has 0 spiro atoms. The van der Waals surface area contributed by atoms with Crippen LogP contribution >= 0.6 is 15.9 Å². The first-order valence-electron chi connectivity index (χ1n) is 5.47. The Morgan fingerprint density at radius 1 is 1.47 bits per heavy atom. The predicted molar refractivity (Wildman–Crippen MR) is 65.2 cm³/mol. The van der Waals surface area contributed by atoms with E-state index < -0.39 is 0 Å². The molecule has 1 heterocycles. The molecule has 0 aliphatic heterocycles. The van der Waals surface area contributed by atoms with Gasteiger partial charge in [-0.3, -0.25) is 0 Å². The minimum absolute atomic E-state index is 0.677. The maximum atomic E-state index is 4.54. The Labute approximate surface area is 99.0 Å². The van der Waals surface area contributed by atoms with Crippen molar-refractivity contribution in [2.75, 3.05) is 11.9 Å². The molecule has 1 aromatic rings. The Balaban J connectivity index is 2.22. The van der Waals surface area contributed by atoms with Crippen LogP contribution in [0, 0.1) is 0 Å². The molecule has 15 heavy (non-hydrogen) atoms. The molecule has 0 bridgehead atoms. The van der Waals surface area contributed by atoms with E-state index in [1.807, 2.05) is 6.07 Å². The van der Waals surface area contributed by atoms with Gasteiger partial charge in [0.15, 0.2) is 0 Å². The highest BCUT2D eigenvalue weighted by atomic mass is 79.9. The van der Waals surface area contributed by atoms with Gasteiger partial charge < -0.3 is 4.90 Å². The molecule has 1 aromatic heterocycles. The first-order valence-corrected chi connectivity index (χ1v) is 6.26. The van der Waals surface area contributed by atoms with Gasteiger partial charge in [0.05, 0.1) is 0 Å². The summed E-state index contributed by atoms with van der Waals surface area (Å²) in [5, 5.41) is 0. The molecule has 0 amide bonds. The molecule has 1 fully saturated rings. The SMILES string of the molecule is CCc1nc(Br)cc(N(C)C2CCC2)n1. The summed E-state index contributed by atoms with van der Waals surface area (Å²) >= 11 is 3.43. The van der Waals surface area contributed by atoms with E-state index in [0.717, 1.165) is 22.7 Å². The van der Waals surface area contributed by atoms with Gasteiger partial charge in [-0.25, -0.2) is 9.97 Å². The van der Waals surface area contributed by atoms with Crippen LogP contribution in [0.2, 0.25) is 0 Å². The number of aryl methyl sites for hydroxylation is 1. The Morgan fingerprint density at radius 2 is 2.20 bits per heavy atom. The second kappa shape index (κ2) is 4.47. The van der Waals surface area contributed by atoms with E-state index in [0.29, 0.717) is 6.04 Å². The largest absolute Gasteiger partial charge is 0.357 e. The third-order valence-electron chi connectivity index (χ3n) is 3.03. The molecular formula is C11H16BrN3. The summed E-state index contributed by atoms with van der Waals surface area (Å²) in [5.41, 5.74) is 0. The topological polar surface area (TPSA) is 29.0 Å². The van der Waals surface area contributed by atoms with Gasteiger partial charge in [0.1, 0.15) is 16.2 Å². The van der Waals surface area contributed by atoms with Crippen molar-refractivity contribution in [1.29, 1.82) is 0 Å². The molecule has 2 rings (SSSR count). The molecular weight excluding hydrogens is 254 g/mol. The molecule has 1 aliphatic rings. The van der Waals surface area contributed by atoms with E-state index in [1.54, 1.807) is 0 Å². The van der Waals surface area contributed by atoms with Crippen LogP contribution in [0.1, 0.15) is 32.0 Å². The monoisotopic (exact) mass is 269 g/mol. The summed E-state index contributed by atoms with van der Waals surface area (Å²) in [6.45, 7) is 2.08. The molecule has 0 unspecified atom stereocenters. The smallest absolute Gasteiger partial charge is 0.133 e. The van der Waals surface area contributed by atoms with Gasteiger partial charge in [0.25, 0.3) is 0 Å². The Hall–Kier alpha value is -0.640. The van der Waals surface area contributed by atoms with Crippen molar-refractivity contribution in [2.45, 2.75) is 38.6 Å². The van der Waals surface area contributed by atoms with E-state index in [-0.39, 0.29) is 0 Å². The van der Waals surface area contributed by atoms with E-state index in [2.05, 4.69) is 44.8 Å². The van der Waals surface area contributed by atoms with Gasteiger partial charge in [0.2, 0.25) is 0 Å². The van der Waals surface area contributed by atoms with Gasteiger partial charge >= 0.3 is 0 Å². The quantitative estimate of drug-likeness (QED) is 0.791. The highest BCUT2D eigenvalue weighted by Crippen LogP contribution is 2.28. The van der Waals surface area contributed by atoms with Crippen molar-refractivity contribution in [3.8, 4) is 0 Å². The number of nitrogens with zero attached hydrogens (tertiary/aromatic N) is 3. The highest BCUT2D eigenvalue weighted by molar-refractivity contribution is 9.10. The zero-order valence-corrected chi connectivity index (χ0v) is 10.8. The fourth-order valence-electron chi connectivity index (χ4n) is 1.75. The molecule has 0 radical (unpaired) electrons. The Bertz CT molecular complexity index is 350. The van der Waals surface area contributed by atoms with Crippen molar-refractivity contribution >= 4 is 21.7 Å². The Kier molecular flexibility index (Phi) is 3.24. The van der Waals surface area contributed by atoms with E-state index in [4.69, 9.17) is 0 Å². The number of hydrogen-bond acceptors (Lipinski definition) is 3. The molecule has 82 valence electrons. The van der Waals surface area contributed by atoms with Crippen molar-refractivity contribution in [3.63, 3.8) is 0 Å². The summed E-state index contributed by atoms with van der Waals surface area (Å²) < 4.78 is 0.885. The summed E-state index contributed by atoms with van der Waals surface area (Å²) in [6.07, 6.45) is 4.81. The van der Waals surface area contributed by atoms with E-state index in [9.17, 15) is 0 Å². The summed E-state index contributed by atoms with van der Waals surface area (Å²) in [5.74, 6) is 1.95. The average Bonchev–Trinajstić information content (AvgIpc) is 2.14. The van der Waals surface area contributed by atoms with Gasteiger partial charge in [-0.2, -0.15) is 0 Å². The molecule has 0 N–H and O–H groups in total. The van der Waals surface area contributed by atoms with Crippen LogP contribution in [-0.4, -0.2) is 23.1 Å². The van der Waals surface area contributed by atoms with Crippen LogP contribution in [0.4, 0.5) is 5.82 Å². The Morgan fingerprint density at radius 3 is 2.73 bits per heavy atom. The highest BCUT2D eigenvalue weighted by Gasteiger charge is 2.23. The van der Waals surface area contributed by atoms with Crippen LogP contribution < -0.4 is 4.90 Å². The van der Waals surface area contributed by atoms with Gasteiger partial charge in [-0.05, 0) is 35.2 Å². The third-order valence-corrected chi connectivity index (χ3v) is 3.43. The van der Waals surface area contributed by atoms with Crippen molar-refractivity contribution < 1.29 is 0 Å². The van der Waals surface area contributed by atoms with Crippen LogP contribution in [-0.2, 0) is 6.42 Å². The lowest BCUT2D eigenvalue weighted by molar-refractivity contribution is 0.399. The van der Waals surface area contributed by atoms with Crippen molar-refractivity contribution in [3.05, 3.63) is 16.5 Å². The number of aromatic nitrogens is 2. The summed E-state index contributed by atoms with van der Waals surface area (Å²) in [4.78, 5) is 11.1. The number of halogens is 1. The number of rotatable bonds is 3. The summed E-state index contributed by atoms with van der Waals surface area (Å²) in [7, 11) is 2.12. The normalized spacial score (nSPS) is 16.2. The molecule has 0 atom stereocenters. The van der Waals surface area contributed by atoms with Gasteiger partial charge in [0, 0.05) is 25.6 Å². The number of hydrogen-bond donors (Lipinski definition) is 0. The van der Waals surface area contributed by atoms with Crippen LogP contribution in [0.15, 0.2) is 10.7 Å². The van der Waals surface area contributed by atoms with Crippen LogP contribution in [0.25, 0.3) is 0 Å². The first kappa shape index (κ1) is 10.9. The van der Waals surface area contributed by atoms with Crippen LogP contribution in [0.5, 0.6) is 0 Å². The molecule has 1 aliphatic carbocycles. The second-order valence-electron chi connectivity index (χ2n) is 4.01. The van der Waals surface area contributed by atoms with Crippen molar-refractivity contribution in [2.24, 2.45) is 0 Å². The van der Waals surface area contributed by atoms with Gasteiger partial charge in [-0.1, -0.05) is 6.92 Å². The molecule has 4 heteroatoms. The first-order chi connectivity index (χ1) is 7.20. The maximum Gasteiger partial charge on any atom is 0.133 e. The molecule has 0 aromatic carbocycles. The third kappa shape index (κ3) is 2.30. The van der Waals surface area contributed by atoms with E-state index in [1.165, 1.54) is 19.3 Å². The lowest BCUT2D eigenvalue weighted by Gasteiger charge is -2.35.